The molecule has 0 radical (unpaired) electrons. The van der Waals surface area contributed by atoms with Crippen LogP contribution in [-0.2, 0) is 75.2 Å². The molecule has 21 heteroatoms. The predicted octanol–water partition coefficient (Wildman–Crippen LogP) is 17.7. The van der Waals surface area contributed by atoms with Crippen LogP contribution in [0.3, 0.4) is 0 Å². The van der Waals surface area contributed by atoms with Gasteiger partial charge in [-0.05, 0) is 57.8 Å². The highest BCUT2D eigenvalue weighted by molar-refractivity contribution is 7.48. The zero-order chi connectivity index (χ0) is 71.5. The van der Waals surface area contributed by atoms with Crippen LogP contribution in [0.1, 0.15) is 291 Å². The topological polar surface area (TPSA) is 240 Å². The SMILES string of the molecule is C=CCOC(=O)O[C@H]1[C@H](OCCCCCCCCCC)[C@@H](NC(=O)CC(=O)CCCCCCCCCCC)C(O)O[C@@H]1CCO[C@@H]1O[C@H](COC)[C@@H](OP(=O)(OCC=C)OCC=C)[C@H](OCC[C@@H](CCCCCCC)OC)[C@H]1NC(=O)CCCCCCCCC/C=C\CCCCCC. The molecule has 2 aliphatic heterocycles. The lowest BCUT2D eigenvalue weighted by Gasteiger charge is -2.47. The Morgan fingerprint density at radius 2 is 1.00 bits per heavy atom. The Labute approximate surface area is 593 Å². The van der Waals surface area contributed by atoms with Crippen molar-refractivity contribution in [1.82, 2.24) is 10.6 Å². The van der Waals surface area contributed by atoms with Crippen molar-refractivity contribution in [2.24, 2.45) is 0 Å². The first kappa shape index (κ1) is 90.7. The maximum absolute atomic E-state index is 14.7. The average molecular weight is 1410 g/mol. The molecule has 0 spiro atoms. The van der Waals surface area contributed by atoms with Crippen molar-refractivity contribution in [2.75, 3.05) is 60.5 Å². The lowest BCUT2D eigenvalue weighted by molar-refractivity contribution is -0.284. The van der Waals surface area contributed by atoms with E-state index in [1.807, 2.05) is 0 Å². The number of aliphatic hydroxyl groups is 1. The largest absolute Gasteiger partial charge is 0.509 e. The van der Waals surface area contributed by atoms with Crippen molar-refractivity contribution >= 4 is 31.6 Å². The molecule has 20 nitrogen and oxygen atoms in total. The van der Waals surface area contributed by atoms with Crippen molar-refractivity contribution in [3.8, 4) is 0 Å². The van der Waals surface area contributed by atoms with Crippen LogP contribution < -0.4 is 10.6 Å². The van der Waals surface area contributed by atoms with Crippen LogP contribution in [0, 0.1) is 0 Å². The summed E-state index contributed by atoms with van der Waals surface area (Å²) >= 11 is 0. The van der Waals surface area contributed by atoms with Crippen LogP contribution in [0.15, 0.2) is 50.1 Å². The summed E-state index contributed by atoms with van der Waals surface area (Å²) in [4.78, 5) is 55.1. The number of phosphoric acid groups is 1. The Kier molecular flexibility index (Phi) is 56.6. The summed E-state index contributed by atoms with van der Waals surface area (Å²) < 4.78 is 89.0. The number of methoxy groups -OCH3 is 2. The molecule has 0 aromatic heterocycles. The van der Waals surface area contributed by atoms with Crippen LogP contribution in [0.2, 0.25) is 0 Å². The number of ether oxygens (including phenoxy) is 9. The number of unbranched alkanes of at least 4 members (excludes halogenated alkanes) is 30. The van der Waals surface area contributed by atoms with Crippen LogP contribution >= 0.6 is 7.82 Å². The average Bonchev–Trinajstić information content (AvgIpc) is 0.786. The van der Waals surface area contributed by atoms with Gasteiger partial charge in [0.1, 0.15) is 55.0 Å². The molecule has 0 aromatic rings. The monoisotopic (exact) mass is 1410 g/mol. The van der Waals surface area contributed by atoms with Gasteiger partial charge in [0.25, 0.3) is 0 Å². The molecule has 2 heterocycles. The predicted molar refractivity (Wildman–Crippen MR) is 389 cm³/mol. The van der Waals surface area contributed by atoms with E-state index in [9.17, 15) is 28.8 Å². The van der Waals surface area contributed by atoms with Crippen molar-refractivity contribution in [3.63, 3.8) is 0 Å². The molecule has 1 unspecified atom stereocenters. The zero-order valence-corrected chi connectivity index (χ0v) is 63.0. The van der Waals surface area contributed by atoms with E-state index in [2.05, 4.69) is 70.2 Å². The van der Waals surface area contributed by atoms with Gasteiger partial charge in [0, 0.05) is 46.7 Å². The summed E-state index contributed by atoms with van der Waals surface area (Å²) in [5.41, 5.74) is 0. The normalized spacial score (nSPS) is 21.4. The summed E-state index contributed by atoms with van der Waals surface area (Å²) in [5.74, 6) is -1.16. The standard InChI is InChI=1S/C77H139N2O18P/c1-10-17-21-25-28-31-32-33-34-35-36-38-40-44-48-52-67(81)78-70-74(89-59-53-64(87-9)51-47-42-24-20-13-4)72(97-98(85,92-56-15-6)93-57-16-7)66(62-86-8)95-76(70)90-60-54-65-71(96-77(84)91-55-14-5)73(88-58-49-45-41-30-27-23-19-12-3)69(75(83)94-65)79-68(82)61-63(80)50-46-43-39-37-29-26-22-18-11-2/h14-16,31-32,64-66,69-76,83H,5-7,10-13,17-30,33-62H2,1-4,8-9H3,(H,78,81)(H,79,82)/b32-31-/t64-,65-,66-,69-,70-,71-,72-,73-,74-,75?,76-/m1/s1. The molecule has 2 aliphatic rings. The number of hydrogen-bond acceptors (Lipinski definition) is 18. The number of hydrogen-bond donors (Lipinski definition) is 3. The number of nitrogens with one attached hydrogen (secondary N) is 2. The molecule has 0 aliphatic carbocycles. The molecule has 0 aromatic carbocycles. The Hall–Kier alpha value is -3.37. The fraction of sp³-hybridized carbons (Fsp3) is 0.844. The van der Waals surface area contributed by atoms with Gasteiger partial charge in [-0.15, -0.1) is 13.2 Å². The van der Waals surface area contributed by atoms with Crippen LogP contribution in [0.5, 0.6) is 0 Å². The van der Waals surface area contributed by atoms with Gasteiger partial charge in [0.2, 0.25) is 11.8 Å². The summed E-state index contributed by atoms with van der Waals surface area (Å²) in [6.07, 6.45) is 36.5. The number of carbonyl (C=O) groups excluding carboxylic acids is 4. The number of ketones is 1. The quantitative estimate of drug-likeness (QED) is 0.0169. The second-order valence-electron chi connectivity index (χ2n) is 26.7. The minimum absolute atomic E-state index is 0.0729. The van der Waals surface area contributed by atoms with Gasteiger partial charge < -0.3 is 58.4 Å². The minimum atomic E-state index is -4.45. The van der Waals surface area contributed by atoms with Gasteiger partial charge in [-0.1, -0.05) is 244 Å². The van der Waals surface area contributed by atoms with Gasteiger partial charge in [-0.25, -0.2) is 9.36 Å². The molecule has 98 heavy (non-hydrogen) atoms. The van der Waals surface area contributed by atoms with E-state index < -0.39 is 87.6 Å². The maximum atomic E-state index is 14.7. The Morgan fingerprint density at radius 1 is 0.510 bits per heavy atom. The van der Waals surface area contributed by atoms with E-state index in [1.165, 1.54) is 96.0 Å². The van der Waals surface area contributed by atoms with Gasteiger partial charge in [-0.2, -0.15) is 0 Å². The fourth-order valence-corrected chi connectivity index (χ4v) is 13.8. The molecule has 11 atom stereocenters. The lowest BCUT2D eigenvalue weighted by atomic mass is 9.94. The highest BCUT2D eigenvalue weighted by Gasteiger charge is 2.53. The summed E-state index contributed by atoms with van der Waals surface area (Å²) in [6, 6.07) is -2.40. The number of carbonyl (C=O) groups is 4. The minimum Gasteiger partial charge on any atom is -0.430 e. The van der Waals surface area contributed by atoms with E-state index in [0.29, 0.717) is 25.7 Å². The second-order valence-corrected chi connectivity index (χ2v) is 28.3. The molecule has 2 rings (SSSR count). The van der Waals surface area contributed by atoms with E-state index in [-0.39, 0.29) is 83.3 Å². The number of rotatable bonds is 67. The third-order valence-electron chi connectivity index (χ3n) is 18.1. The first-order valence-corrected chi connectivity index (χ1v) is 40.1. The first-order valence-electron chi connectivity index (χ1n) is 38.6. The molecular weight excluding hydrogens is 1270 g/mol. The molecule has 3 N–H and O–H groups in total. The van der Waals surface area contributed by atoms with Crippen LogP contribution in [0.25, 0.3) is 0 Å². The van der Waals surface area contributed by atoms with Crippen molar-refractivity contribution < 1.29 is 85.1 Å². The maximum Gasteiger partial charge on any atom is 0.509 e. The molecule has 0 saturated carbocycles. The Morgan fingerprint density at radius 3 is 1.55 bits per heavy atom. The number of Topliss-reactive ketones (excluding diaryl/α,β-unsaturated/α-hetero) is 1. The van der Waals surface area contributed by atoms with Crippen molar-refractivity contribution in [2.45, 2.75) is 358 Å². The first-order chi connectivity index (χ1) is 47.8. The molecule has 0 bridgehead atoms. The summed E-state index contributed by atoms with van der Waals surface area (Å²) in [7, 11) is -1.29. The number of aliphatic hydroxyl groups excluding tert-OH is 1. The van der Waals surface area contributed by atoms with Gasteiger partial charge >= 0.3 is 14.0 Å². The lowest BCUT2D eigenvalue weighted by Crippen LogP contribution is -2.66. The number of amides is 2. The fourth-order valence-electron chi connectivity index (χ4n) is 12.5. The molecule has 2 amide bonds. The van der Waals surface area contributed by atoms with E-state index >= 15 is 0 Å². The third kappa shape index (κ3) is 42.9. The van der Waals surface area contributed by atoms with E-state index in [0.717, 1.165) is 141 Å². The second kappa shape index (κ2) is 61.1. The van der Waals surface area contributed by atoms with E-state index in [4.69, 9.17) is 56.2 Å². The van der Waals surface area contributed by atoms with Crippen LogP contribution in [-0.4, -0.2) is 157 Å². The van der Waals surface area contributed by atoms with Gasteiger partial charge in [0.05, 0.1) is 39.0 Å². The third-order valence-corrected chi connectivity index (χ3v) is 19.5. The highest BCUT2D eigenvalue weighted by atomic mass is 31.2. The summed E-state index contributed by atoms with van der Waals surface area (Å²) in [6.45, 7) is 19.4. The van der Waals surface area contributed by atoms with Gasteiger partial charge in [-0.3, -0.25) is 28.0 Å². The molecule has 570 valence electrons. The molecule has 2 fully saturated rings. The van der Waals surface area contributed by atoms with Gasteiger partial charge in [0.15, 0.2) is 18.7 Å². The summed E-state index contributed by atoms with van der Waals surface area (Å²) in [5, 5.41) is 18.0. The van der Waals surface area contributed by atoms with Crippen molar-refractivity contribution in [1.29, 1.82) is 0 Å². The zero-order valence-electron chi connectivity index (χ0n) is 62.1. The van der Waals surface area contributed by atoms with Crippen molar-refractivity contribution in [3.05, 3.63) is 50.1 Å². The Bertz CT molecular complexity index is 2090. The molecule has 2 saturated heterocycles. The highest BCUT2D eigenvalue weighted by Crippen LogP contribution is 2.52. The smallest absolute Gasteiger partial charge is 0.430 e. The van der Waals surface area contributed by atoms with Crippen LogP contribution in [0.4, 0.5) is 4.79 Å². The molecular formula is C77H139N2O18P. The number of allylic oxidation sites excluding steroid dienone is 2. The Balaban J connectivity index is 2.59. The number of phosphoric ester groups is 1. The van der Waals surface area contributed by atoms with E-state index in [1.54, 1.807) is 7.11 Å².